The lowest BCUT2D eigenvalue weighted by Gasteiger charge is -2.11. The Morgan fingerprint density at radius 3 is 2.59 bits per heavy atom. The van der Waals surface area contributed by atoms with Gasteiger partial charge in [0, 0.05) is 12.6 Å². The normalized spacial score (nSPS) is 13.2. The fourth-order valence-electron chi connectivity index (χ4n) is 0.923. The Morgan fingerprint density at radius 2 is 2.18 bits per heavy atom. The zero-order valence-electron chi connectivity index (χ0n) is 9.16. The van der Waals surface area contributed by atoms with Crippen LogP contribution in [0.5, 0.6) is 0 Å². The van der Waals surface area contributed by atoms with Crippen LogP contribution < -0.4 is 10.0 Å². The van der Waals surface area contributed by atoms with E-state index in [1.807, 2.05) is 6.92 Å². The van der Waals surface area contributed by atoms with Gasteiger partial charge in [-0.05, 0) is 36.0 Å². The first-order valence-corrected chi connectivity index (χ1v) is 7.95. The largest absolute Gasteiger partial charge is 0.316 e. The van der Waals surface area contributed by atoms with E-state index < -0.39 is 10.0 Å². The van der Waals surface area contributed by atoms with E-state index in [1.54, 1.807) is 7.05 Å². The number of sulfonamides is 1. The van der Waals surface area contributed by atoms with E-state index in [-0.39, 0.29) is 27.7 Å². The molecule has 0 fully saturated rings. The number of likely N-dealkylation sites (N-methyl/N-ethyl adjacent to an activating group) is 1. The van der Waals surface area contributed by atoms with E-state index in [1.165, 1.54) is 17.4 Å². The summed E-state index contributed by atoms with van der Waals surface area (Å²) in [6.07, 6.45) is 0. The van der Waals surface area contributed by atoms with Gasteiger partial charge in [-0.25, -0.2) is 13.1 Å². The summed E-state index contributed by atoms with van der Waals surface area (Å²) in [5, 5.41) is 2.94. The molecule has 0 saturated heterocycles. The van der Waals surface area contributed by atoms with Gasteiger partial charge in [-0.1, -0.05) is 11.6 Å². The van der Waals surface area contributed by atoms with Gasteiger partial charge in [-0.2, -0.15) is 0 Å². The Hall–Kier alpha value is 0.630. The van der Waals surface area contributed by atoms with Crippen molar-refractivity contribution in [1.29, 1.82) is 0 Å². The first kappa shape index (κ1) is 17.6. The van der Waals surface area contributed by atoms with Gasteiger partial charge in [0.05, 0.1) is 3.79 Å². The molecule has 0 bridgehead atoms. The van der Waals surface area contributed by atoms with Crippen molar-refractivity contribution in [3.8, 4) is 0 Å². The summed E-state index contributed by atoms with van der Waals surface area (Å²) < 4.78 is 27.1. The van der Waals surface area contributed by atoms with E-state index in [4.69, 9.17) is 11.6 Å². The fraction of sp³-hybridized carbons (Fsp3) is 0.500. The van der Waals surface area contributed by atoms with Gasteiger partial charge in [0.25, 0.3) is 0 Å². The van der Waals surface area contributed by atoms with Crippen molar-refractivity contribution in [3.05, 3.63) is 14.2 Å². The Kier molecular flexibility index (Phi) is 7.55. The third kappa shape index (κ3) is 5.02. The Labute approximate surface area is 125 Å². The highest BCUT2D eigenvalue weighted by Crippen LogP contribution is 2.34. The maximum absolute atomic E-state index is 11.8. The van der Waals surface area contributed by atoms with Crippen LogP contribution in [-0.2, 0) is 10.0 Å². The molecule has 1 heterocycles. The van der Waals surface area contributed by atoms with Gasteiger partial charge < -0.3 is 5.32 Å². The van der Waals surface area contributed by atoms with E-state index >= 15 is 0 Å². The number of thiophene rings is 1. The van der Waals surface area contributed by atoms with Crippen LogP contribution in [0.4, 0.5) is 0 Å². The molecule has 17 heavy (non-hydrogen) atoms. The minimum Gasteiger partial charge on any atom is -0.316 e. The van der Waals surface area contributed by atoms with Gasteiger partial charge in [0.2, 0.25) is 10.0 Å². The highest BCUT2D eigenvalue weighted by Gasteiger charge is 2.20. The highest BCUT2D eigenvalue weighted by molar-refractivity contribution is 9.11. The first-order chi connectivity index (χ1) is 7.36. The zero-order valence-corrected chi connectivity index (χ0v) is 14.0. The molecule has 1 atom stereocenters. The Balaban J connectivity index is 0.00000256. The molecule has 100 valence electrons. The second kappa shape index (κ2) is 7.28. The number of hydrogen-bond acceptors (Lipinski definition) is 4. The van der Waals surface area contributed by atoms with Gasteiger partial charge in [-0.3, -0.25) is 0 Å². The van der Waals surface area contributed by atoms with Gasteiger partial charge >= 0.3 is 0 Å². The molecule has 9 heteroatoms. The molecule has 2 N–H and O–H groups in total. The molecule has 1 aromatic heterocycles. The summed E-state index contributed by atoms with van der Waals surface area (Å²) >= 11 is 10.2. The molecule has 1 unspecified atom stereocenters. The van der Waals surface area contributed by atoms with Crippen molar-refractivity contribution >= 4 is 61.3 Å². The molecular weight excluding hydrogens is 371 g/mol. The van der Waals surface area contributed by atoms with Crippen LogP contribution in [0.1, 0.15) is 6.92 Å². The Bertz CT molecular complexity index is 464. The standard InChI is InChI=1S/C8H12BrClN2O2S2.ClH/c1-5(11-2)4-12-16(13,14)6-3-7(9)15-8(6)10;/h3,5,11-12H,4H2,1-2H3;1H. The van der Waals surface area contributed by atoms with E-state index in [0.29, 0.717) is 10.3 Å². The molecule has 0 aliphatic rings. The first-order valence-electron chi connectivity index (χ1n) is 4.48. The molecule has 0 aliphatic carbocycles. The van der Waals surface area contributed by atoms with Crippen LogP contribution >= 0.6 is 51.3 Å². The lowest BCUT2D eigenvalue weighted by Crippen LogP contribution is -2.37. The van der Waals surface area contributed by atoms with Crippen molar-refractivity contribution in [2.24, 2.45) is 0 Å². The van der Waals surface area contributed by atoms with Crippen molar-refractivity contribution in [2.45, 2.75) is 17.9 Å². The predicted octanol–water partition coefficient (Wildman–Crippen LogP) is 2.47. The van der Waals surface area contributed by atoms with Crippen LogP contribution in [-0.4, -0.2) is 28.1 Å². The third-order valence-electron chi connectivity index (χ3n) is 1.99. The molecule has 1 aromatic rings. The minimum absolute atomic E-state index is 0. The second-order valence-electron chi connectivity index (χ2n) is 3.23. The monoisotopic (exact) mass is 382 g/mol. The quantitative estimate of drug-likeness (QED) is 0.820. The van der Waals surface area contributed by atoms with Crippen LogP contribution in [0.3, 0.4) is 0 Å². The van der Waals surface area contributed by atoms with E-state index in [9.17, 15) is 8.42 Å². The van der Waals surface area contributed by atoms with Crippen molar-refractivity contribution in [2.75, 3.05) is 13.6 Å². The van der Waals surface area contributed by atoms with Crippen LogP contribution in [0.15, 0.2) is 14.7 Å². The Morgan fingerprint density at radius 1 is 1.59 bits per heavy atom. The molecule has 4 nitrogen and oxygen atoms in total. The fourth-order valence-corrected chi connectivity index (χ4v) is 4.82. The summed E-state index contributed by atoms with van der Waals surface area (Å²) in [7, 11) is -1.75. The maximum Gasteiger partial charge on any atom is 0.242 e. The molecule has 0 aromatic carbocycles. The highest BCUT2D eigenvalue weighted by atomic mass is 79.9. The molecular formula is C8H13BrCl2N2O2S2. The van der Waals surface area contributed by atoms with Gasteiger partial charge in [0.15, 0.2) is 0 Å². The number of nitrogens with one attached hydrogen (secondary N) is 2. The number of rotatable bonds is 5. The third-order valence-corrected chi connectivity index (χ3v) is 5.54. The summed E-state index contributed by atoms with van der Waals surface area (Å²) in [4.78, 5) is 0.120. The maximum atomic E-state index is 11.8. The summed E-state index contributed by atoms with van der Waals surface area (Å²) in [5.74, 6) is 0. The smallest absolute Gasteiger partial charge is 0.242 e. The molecule has 0 spiro atoms. The van der Waals surface area contributed by atoms with Crippen LogP contribution in [0.25, 0.3) is 0 Å². The minimum atomic E-state index is -3.52. The SMILES string of the molecule is CNC(C)CNS(=O)(=O)c1cc(Br)sc1Cl.Cl. The van der Waals surface area contributed by atoms with E-state index in [0.717, 1.165) is 0 Å². The lowest BCUT2D eigenvalue weighted by molar-refractivity contribution is 0.554. The van der Waals surface area contributed by atoms with Gasteiger partial charge in [0.1, 0.15) is 9.23 Å². The predicted molar refractivity (Wildman–Crippen MR) is 78.0 cm³/mol. The van der Waals surface area contributed by atoms with Crippen molar-refractivity contribution in [3.63, 3.8) is 0 Å². The summed E-state index contributed by atoms with van der Waals surface area (Å²) in [5.41, 5.74) is 0. The zero-order chi connectivity index (χ0) is 12.3. The topological polar surface area (TPSA) is 58.2 Å². The number of hydrogen-bond donors (Lipinski definition) is 2. The number of halogens is 3. The molecule has 0 saturated carbocycles. The molecule has 1 rings (SSSR count). The molecule has 0 aliphatic heterocycles. The van der Waals surface area contributed by atoms with Crippen molar-refractivity contribution in [1.82, 2.24) is 10.0 Å². The summed E-state index contributed by atoms with van der Waals surface area (Å²) in [6.45, 7) is 2.20. The summed E-state index contributed by atoms with van der Waals surface area (Å²) in [6, 6.07) is 1.56. The molecule has 0 radical (unpaired) electrons. The average molecular weight is 384 g/mol. The molecule has 0 amide bonds. The van der Waals surface area contributed by atoms with E-state index in [2.05, 4.69) is 26.0 Å². The average Bonchev–Trinajstić information content (AvgIpc) is 2.55. The van der Waals surface area contributed by atoms with Crippen molar-refractivity contribution < 1.29 is 8.42 Å². The van der Waals surface area contributed by atoms with Crippen LogP contribution in [0, 0.1) is 0 Å². The lowest BCUT2D eigenvalue weighted by atomic mass is 10.4. The van der Waals surface area contributed by atoms with Gasteiger partial charge in [-0.15, -0.1) is 23.7 Å². The van der Waals surface area contributed by atoms with Crippen LogP contribution in [0.2, 0.25) is 4.34 Å². The second-order valence-corrected chi connectivity index (χ2v) is 8.00.